The van der Waals surface area contributed by atoms with Crippen LogP contribution in [0.1, 0.15) is 141 Å². The third-order valence-corrected chi connectivity index (χ3v) is 18.3. The molecule has 6 unspecified atom stereocenters. The molecule has 3 amide bonds. The molecule has 13 heterocycles. The number of alkyl halides is 9. The Morgan fingerprint density at radius 2 is 0.830 bits per heavy atom. The summed E-state index contributed by atoms with van der Waals surface area (Å²) in [5, 5.41) is 24.0. The number of rotatable bonds is 6. The summed E-state index contributed by atoms with van der Waals surface area (Å²) in [5.41, 5.74) is -3.55. The summed E-state index contributed by atoms with van der Waals surface area (Å²) in [7, 11) is 0. The van der Waals surface area contributed by atoms with Crippen molar-refractivity contribution in [3.63, 3.8) is 0 Å². The normalized spacial score (nSPS) is 20.4. The maximum Gasteiger partial charge on any atom is 0.434 e. The first-order valence-electron chi connectivity index (χ1n) is 29.6. The van der Waals surface area contributed by atoms with Crippen molar-refractivity contribution < 1.29 is 62.7 Å². The molecule has 0 N–H and O–H groups in total. The van der Waals surface area contributed by atoms with E-state index >= 15 is 0 Å². The van der Waals surface area contributed by atoms with Gasteiger partial charge in [0.15, 0.2) is 40.6 Å². The number of hydrogen-bond acceptors (Lipinski definition) is 13. The quantitative estimate of drug-likeness (QED) is 0.142. The third-order valence-electron chi connectivity index (χ3n) is 17.6. The van der Waals surface area contributed by atoms with Crippen LogP contribution in [-0.2, 0) is 38.2 Å². The third kappa shape index (κ3) is 11.5. The van der Waals surface area contributed by atoms with Gasteiger partial charge in [-0.05, 0) is 125 Å². The number of nitrogens with zero attached hydrogens (tertiary/aromatic N) is 16. The second-order valence-corrected chi connectivity index (χ2v) is 23.8. The first kappa shape index (κ1) is 63.4. The number of carbonyl (C=O) groups excluding carboxylic acids is 3. The first-order valence-corrected chi connectivity index (χ1v) is 30.4. The summed E-state index contributed by atoms with van der Waals surface area (Å²) in [5.74, 6) is -1.60. The number of fused-ring (bicyclic) bond motifs is 12. The van der Waals surface area contributed by atoms with Crippen LogP contribution in [0.5, 0.6) is 0 Å². The average Bonchev–Trinajstić information content (AvgIpc) is 1.46. The Morgan fingerprint density at radius 1 is 0.415 bits per heavy atom. The van der Waals surface area contributed by atoms with Gasteiger partial charge in [-0.15, -0.1) is 30.6 Å². The lowest BCUT2D eigenvalue weighted by atomic mass is 9.90. The van der Waals surface area contributed by atoms with Crippen molar-refractivity contribution in [2.45, 2.75) is 132 Å². The molecule has 0 radical (unpaired) electrons. The summed E-state index contributed by atoms with van der Waals surface area (Å²) >= 11 is 11.9. The van der Waals surface area contributed by atoms with Crippen molar-refractivity contribution >= 4 is 40.9 Å². The van der Waals surface area contributed by atoms with Gasteiger partial charge >= 0.3 is 18.5 Å². The van der Waals surface area contributed by atoms with E-state index in [-0.39, 0.29) is 29.3 Å². The Morgan fingerprint density at radius 3 is 1.21 bits per heavy atom. The topological polar surface area (TPSA) is 205 Å². The molecule has 94 heavy (non-hydrogen) atoms. The molecular weight excluding hydrogens is 1300 g/mol. The smallest absolute Gasteiger partial charge is 0.324 e. The standard InChI is InChI=1S/C21H16ClF4N5O.C21H17F4N5O.C20H16ClF3N6O/c22-17-12(7-8-13(23)16(17)21(24,25)26)20(32)31-11-4-3-6-15(31)19-29-28-18(30(19)10-11)14-5-1-2-9-27-14;22-17-13(6-4-7-14(17)21(23,24)25)20(31)30-12-5-3-9-16(30)19-28-27-18(29(19)11-12)15-8-1-2-10-26-15;21-15-12(7-9-26-16(15)20(22,23)24)19(31)30-11-4-3-6-14(30)18-28-27-17(29(18)10-11)13-5-1-2-8-25-13/h1-2,5,7-9,11,15H,3-4,6,10H2;1-2,4,6-8,10,12,16H,3,5,9,11H2;1-2,5,7-9,11,14H,3-4,6,10H2. The number of amides is 3. The highest BCUT2D eigenvalue weighted by molar-refractivity contribution is 6.35. The molecule has 0 spiro atoms. The number of carbonyl (C=O) groups is 3. The second-order valence-electron chi connectivity index (χ2n) is 23.0. The zero-order valence-corrected chi connectivity index (χ0v) is 50.2. The number of aromatic nitrogens is 13. The molecule has 6 aliphatic heterocycles. The van der Waals surface area contributed by atoms with Crippen LogP contribution in [0.2, 0.25) is 10.0 Å². The van der Waals surface area contributed by atoms with Gasteiger partial charge in [0.05, 0.1) is 68.6 Å². The molecule has 9 aromatic rings. The molecule has 6 bridgehead atoms. The molecule has 7 aromatic heterocycles. The van der Waals surface area contributed by atoms with Crippen molar-refractivity contribution in [3.8, 4) is 34.6 Å². The van der Waals surface area contributed by atoms with Crippen molar-refractivity contribution in [1.29, 1.82) is 0 Å². The van der Waals surface area contributed by atoms with Gasteiger partial charge in [-0.25, -0.2) is 8.78 Å². The highest BCUT2D eigenvalue weighted by Crippen LogP contribution is 2.47. The van der Waals surface area contributed by atoms with Crippen LogP contribution in [0.15, 0.2) is 116 Å². The fraction of sp³-hybridized carbons (Fsp3) is 0.339. The molecular formula is C62H49Cl2F11N16O3. The van der Waals surface area contributed by atoms with Crippen LogP contribution in [0.25, 0.3) is 34.6 Å². The van der Waals surface area contributed by atoms with E-state index in [2.05, 4.69) is 50.5 Å². The Balaban J connectivity index is 0.000000128. The van der Waals surface area contributed by atoms with Crippen LogP contribution >= 0.6 is 23.2 Å². The van der Waals surface area contributed by atoms with E-state index in [0.717, 1.165) is 50.1 Å². The zero-order valence-electron chi connectivity index (χ0n) is 48.7. The van der Waals surface area contributed by atoms with Gasteiger partial charge in [-0.3, -0.25) is 34.3 Å². The largest absolute Gasteiger partial charge is 0.434 e. The van der Waals surface area contributed by atoms with E-state index in [1.165, 1.54) is 15.9 Å². The molecule has 486 valence electrons. The lowest BCUT2D eigenvalue weighted by Gasteiger charge is -2.45. The lowest BCUT2D eigenvalue weighted by molar-refractivity contribution is -0.141. The maximum atomic E-state index is 14.7. The number of benzene rings is 2. The summed E-state index contributed by atoms with van der Waals surface area (Å²) in [4.78, 5) is 60.9. The van der Waals surface area contributed by atoms with E-state index in [4.69, 9.17) is 23.2 Å². The van der Waals surface area contributed by atoms with Gasteiger partial charge in [0.25, 0.3) is 17.7 Å². The minimum Gasteiger partial charge on any atom is -0.324 e. The van der Waals surface area contributed by atoms with Gasteiger partial charge in [-0.1, -0.05) is 47.5 Å². The fourth-order valence-corrected chi connectivity index (χ4v) is 14.1. The fourth-order valence-electron chi connectivity index (χ4n) is 13.5. The molecule has 2 aromatic carbocycles. The van der Waals surface area contributed by atoms with Gasteiger partial charge in [0, 0.05) is 44.4 Å². The molecule has 15 rings (SSSR count). The van der Waals surface area contributed by atoms with Crippen LogP contribution in [0, 0.1) is 11.6 Å². The number of halogens is 13. The number of piperidine rings is 3. The van der Waals surface area contributed by atoms with Gasteiger partial charge in [0.2, 0.25) is 0 Å². The van der Waals surface area contributed by atoms with Crippen LogP contribution in [-0.4, -0.2) is 115 Å². The van der Waals surface area contributed by atoms with Crippen molar-refractivity contribution in [1.82, 2.24) is 78.9 Å². The molecule has 3 saturated heterocycles. The van der Waals surface area contributed by atoms with Gasteiger partial charge in [-0.2, -0.15) is 39.5 Å². The maximum absolute atomic E-state index is 14.7. The minimum atomic E-state index is -5.02. The molecule has 0 saturated carbocycles. The van der Waals surface area contributed by atoms with Gasteiger partial charge in [0.1, 0.15) is 34.3 Å². The van der Waals surface area contributed by atoms with E-state index in [1.807, 2.05) is 50.1 Å². The van der Waals surface area contributed by atoms with Crippen molar-refractivity contribution in [3.05, 3.63) is 188 Å². The highest BCUT2D eigenvalue weighted by Gasteiger charge is 2.49. The molecule has 32 heteroatoms. The Bertz CT molecular complexity index is 4180. The van der Waals surface area contributed by atoms with Crippen LogP contribution in [0.4, 0.5) is 48.3 Å². The summed E-state index contributed by atoms with van der Waals surface area (Å²) in [6.07, 6.45) is -2.37. The first-order chi connectivity index (χ1) is 45.0. The molecule has 6 atom stereocenters. The van der Waals surface area contributed by atoms with Crippen LogP contribution < -0.4 is 0 Å². The average molecular weight is 1350 g/mol. The number of hydrogen-bond donors (Lipinski definition) is 0. The Labute approximate surface area is 535 Å². The molecule has 3 fully saturated rings. The molecule has 0 aliphatic carbocycles. The van der Waals surface area contributed by atoms with E-state index in [0.29, 0.717) is 116 Å². The SMILES string of the molecule is O=C(c1ccc(F)c(C(F)(F)F)c1Cl)N1C2CCCC1c1nnc(-c3ccccn3)n1C2.O=C(c1cccc(C(F)(F)F)c1F)N1C2CCCC1c1nnc(-c3ccccn3)n1C2.O=C(c1ccnc(C(F)(F)F)c1Cl)N1C2CCCC1c1nnc(-c3ccccn3)n1C2. The lowest BCUT2D eigenvalue weighted by Crippen LogP contribution is -2.52. The summed E-state index contributed by atoms with van der Waals surface area (Å²) < 4.78 is 153. The van der Waals surface area contributed by atoms with Crippen molar-refractivity contribution in [2.75, 3.05) is 0 Å². The molecule has 19 nitrogen and oxygen atoms in total. The van der Waals surface area contributed by atoms with E-state index < -0.39 is 98.4 Å². The summed E-state index contributed by atoms with van der Waals surface area (Å²) in [6.45, 7) is 1.18. The predicted molar refractivity (Wildman–Crippen MR) is 311 cm³/mol. The highest BCUT2D eigenvalue weighted by atomic mass is 35.5. The Kier molecular flexibility index (Phi) is 16.8. The second kappa shape index (κ2) is 24.9. The monoisotopic (exact) mass is 1340 g/mol. The zero-order chi connectivity index (χ0) is 66.1. The van der Waals surface area contributed by atoms with E-state index in [9.17, 15) is 62.7 Å². The predicted octanol–water partition coefficient (Wildman–Crippen LogP) is 13.3. The van der Waals surface area contributed by atoms with Crippen molar-refractivity contribution in [2.24, 2.45) is 0 Å². The Hall–Kier alpha value is -9.32. The number of pyridine rings is 4. The minimum absolute atomic E-state index is 0.209. The summed E-state index contributed by atoms with van der Waals surface area (Å²) in [6, 6.07) is 19.8. The van der Waals surface area contributed by atoms with Gasteiger partial charge < -0.3 is 28.4 Å². The van der Waals surface area contributed by atoms with Crippen LogP contribution in [0.3, 0.4) is 0 Å². The molecule has 6 aliphatic rings. The van der Waals surface area contributed by atoms with E-state index in [1.54, 1.807) is 41.7 Å².